The van der Waals surface area contributed by atoms with E-state index in [9.17, 15) is 9.59 Å². The Morgan fingerprint density at radius 2 is 1.81 bits per heavy atom. The number of nitrogens with zero attached hydrogens (tertiary/aromatic N) is 1. The zero-order valence-electron chi connectivity index (χ0n) is 16.7. The number of amides is 3. The summed E-state index contributed by atoms with van der Waals surface area (Å²) < 4.78 is 5.16. The molecule has 0 radical (unpaired) electrons. The minimum Gasteiger partial charge on any atom is -0.497 e. The maximum atomic E-state index is 12.4. The summed E-state index contributed by atoms with van der Waals surface area (Å²) in [5.41, 5.74) is 1.08. The number of hydrogen-bond donors (Lipinski definition) is 2. The first-order valence-electron chi connectivity index (χ1n) is 9.77. The smallest absolute Gasteiger partial charge is 0.315 e. The lowest BCUT2D eigenvalue weighted by Gasteiger charge is -2.39. The third-order valence-electron chi connectivity index (χ3n) is 5.57. The van der Waals surface area contributed by atoms with Gasteiger partial charge in [0, 0.05) is 24.7 Å². The molecule has 1 aliphatic carbocycles. The van der Waals surface area contributed by atoms with Gasteiger partial charge in [-0.05, 0) is 54.9 Å². The fraction of sp³-hybridized carbons (Fsp3) is 0.619. The Morgan fingerprint density at radius 1 is 1.15 bits per heavy atom. The van der Waals surface area contributed by atoms with E-state index >= 15 is 0 Å². The zero-order chi connectivity index (χ0) is 19.6. The van der Waals surface area contributed by atoms with E-state index in [1.807, 2.05) is 24.3 Å². The molecule has 1 saturated carbocycles. The van der Waals surface area contributed by atoms with E-state index in [-0.39, 0.29) is 29.4 Å². The third-order valence-corrected chi connectivity index (χ3v) is 5.57. The molecule has 6 nitrogen and oxygen atoms in total. The summed E-state index contributed by atoms with van der Waals surface area (Å²) in [7, 11) is 1.61. The minimum atomic E-state index is -0.173. The van der Waals surface area contributed by atoms with Gasteiger partial charge in [-0.2, -0.15) is 0 Å². The number of methoxy groups -OCH3 is 1. The molecule has 1 heterocycles. The highest BCUT2D eigenvalue weighted by molar-refractivity contribution is 5.96. The lowest BCUT2D eigenvalue weighted by molar-refractivity contribution is -0.117. The molecule has 2 fully saturated rings. The Labute approximate surface area is 161 Å². The summed E-state index contributed by atoms with van der Waals surface area (Å²) >= 11 is 0. The van der Waals surface area contributed by atoms with Crippen LogP contribution in [0.1, 0.15) is 46.5 Å². The van der Waals surface area contributed by atoms with Gasteiger partial charge >= 0.3 is 6.03 Å². The Hall–Kier alpha value is -2.24. The number of carbonyl (C=O) groups excluding carboxylic acids is 2. The summed E-state index contributed by atoms with van der Waals surface area (Å²) in [4.78, 5) is 26.5. The lowest BCUT2D eigenvalue weighted by Crippen LogP contribution is -2.50. The van der Waals surface area contributed by atoms with Crippen molar-refractivity contribution in [1.82, 2.24) is 10.6 Å². The van der Waals surface area contributed by atoms with Crippen LogP contribution in [0.5, 0.6) is 5.75 Å². The van der Waals surface area contributed by atoms with Crippen LogP contribution in [0.25, 0.3) is 0 Å². The molecule has 3 rings (SSSR count). The van der Waals surface area contributed by atoms with Gasteiger partial charge in [-0.3, -0.25) is 4.79 Å². The maximum absolute atomic E-state index is 12.4. The molecule has 0 spiro atoms. The molecule has 2 aliphatic rings. The summed E-state index contributed by atoms with van der Waals surface area (Å²) in [6.45, 7) is 7.26. The van der Waals surface area contributed by atoms with E-state index in [0.717, 1.165) is 24.3 Å². The van der Waals surface area contributed by atoms with Crippen molar-refractivity contribution in [3.8, 4) is 5.75 Å². The second-order valence-electron chi connectivity index (χ2n) is 8.83. The first-order valence-corrected chi connectivity index (χ1v) is 9.77. The van der Waals surface area contributed by atoms with E-state index in [1.165, 1.54) is 6.42 Å². The monoisotopic (exact) mass is 373 g/mol. The first-order chi connectivity index (χ1) is 12.8. The van der Waals surface area contributed by atoms with Crippen molar-refractivity contribution >= 4 is 17.6 Å². The quantitative estimate of drug-likeness (QED) is 0.851. The molecule has 1 saturated heterocycles. The number of rotatable bonds is 4. The van der Waals surface area contributed by atoms with Crippen LogP contribution >= 0.6 is 0 Å². The Bertz CT molecular complexity index is 686. The Balaban J connectivity index is 1.53. The summed E-state index contributed by atoms with van der Waals surface area (Å²) in [5, 5.41) is 6.10. The fourth-order valence-corrected chi connectivity index (χ4v) is 4.68. The summed E-state index contributed by atoms with van der Waals surface area (Å²) in [5.74, 6) is 1.39. The third kappa shape index (κ3) is 4.93. The van der Waals surface area contributed by atoms with Crippen LogP contribution in [0.2, 0.25) is 0 Å². The number of nitrogens with one attached hydrogen (secondary N) is 2. The van der Waals surface area contributed by atoms with Crippen LogP contribution in [0.15, 0.2) is 24.3 Å². The molecule has 0 bridgehead atoms. The molecule has 1 aromatic carbocycles. The normalized spacial score (nSPS) is 27.3. The average Bonchev–Trinajstić information content (AvgIpc) is 2.93. The highest BCUT2D eigenvalue weighted by Gasteiger charge is 2.34. The molecule has 0 aromatic heterocycles. The van der Waals surface area contributed by atoms with Gasteiger partial charge in [0.1, 0.15) is 5.75 Å². The van der Waals surface area contributed by atoms with Crippen LogP contribution in [-0.4, -0.2) is 37.7 Å². The van der Waals surface area contributed by atoms with Gasteiger partial charge < -0.3 is 20.3 Å². The van der Waals surface area contributed by atoms with E-state index in [0.29, 0.717) is 18.9 Å². The molecular formula is C21H31N3O3. The summed E-state index contributed by atoms with van der Waals surface area (Å²) in [6, 6.07) is 7.26. The SMILES string of the molecule is COc1ccc(N2C[C@H](NC(=O)N[C@H]3C[C@H](C)CC(C)(C)C3)CC2=O)cc1. The van der Waals surface area contributed by atoms with Crippen LogP contribution in [0.3, 0.4) is 0 Å². The zero-order valence-corrected chi connectivity index (χ0v) is 16.7. The molecule has 3 amide bonds. The van der Waals surface area contributed by atoms with E-state index in [2.05, 4.69) is 31.4 Å². The molecule has 148 valence electrons. The van der Waals surface area contributed by atoms with Gasteiger partial charge in [0.25, 0.3) is 0 Å². The van der Waals surface area contributed by atoms with Gasteiger partial charge in [0.15, 0.2) is 0 Å². The lowest BCUT2D eigenvalue weighted by atomic mass is 9.71. The minimum absolute atomic E-state index is 0.0258. The predicted octanol–water partition coefficient (Wildman–Crippen LogP) is 3.31. The molecule has 6 heteroatoms. The van der Waals surface area contributed by atoms with Crippen LogP contribution in [0.4, 0.5) is 10.5 Å². The molecule has 3 atom stereocenters. The number of urea groups is 1. The second kappa shape index (κ2) is 7.79. The second-order valence-corrected chi connectivity index (χ2v) is 8.83. The van der Waals surface area contributed by atoms with Gasteiger partial charge in [0.2, 0.25) is 5.91 Å². The van der Waals surface area contributed by atoms with Crippen molar-refractivity contribution in [3.05, 3.63) is 24.3 Å². The largest absolute Gasteiger partial charge is 0.497 e. The highest BCUT2D eigenvalue weighted by atomic mass is 16.5. The first kappa shape index (κ1) is 19.5. The Morgan fingerprint density at radius 3 is 2.44 bits per heavy atom. The number of carbonyl (C=O) groups is 2. The van der Waals surface area contributed by atoms with Crippen molar-refractivity contribution in [2.75, 3.05) is 18.6 Å². The van der Waals surface area contributed by atoms with Crippen LogP contribution in [-0.2, 0) is 4.79 Å². The van der Waals surface area contributed by atoms with Crippen molar-refractivity contribution in [3.63, 3.8) is 0 Å². The van der Waals surface area contributed by atoms with Gasteiger partial charge in [0.05, 0.1) is 13.2 Å². The van der Waals surface area contributed by atoms with E-state index < -0.39 is 0 Å². The van der Waals surface area contributed by atoms with Gasteiger partial charge in [-0.1, -0.05) is 20.8 Å². The van der Waals surface area contributed by atoms with Crippen LogP contribution in [0, 0.1) is 11.3 Å². The predicted molar refractivity (Wildman–Crippen MR) is 106 cm³/mol. The average molecular weight is 373 g/mol. The van der Waals surface area contributed by atoms with Gasteiger partial charge in [-0.15, -0.1) is 0 Å². The van der Waals surface area contributed by atoms with Crippen molar-refractivity contribution in [2.24, 2.45) is 11.3 Å². The van der Waals surface area contributed by atoms with E-state index in [4.69, 9.17) is 4.74 Å². The molecule has 1 aliphatic heterocycles. The van der Waals surface area contributed by atoms with Crippen molar-refractivity contribution in [2.45, 2.75) is 58.5 Å². The molecular weight excluding hydrogens is 342 g/mol. The fourth-order valence-electron chi connectivity index (χ4n) is 4.68. The Kier molecular flexibility index (Phi) is 5.63. The van der Waals surface area contributed by atoms with Crippen LogP contribution < -0.4 is 20.3 Å². The summed E-state index contributed by atoms with van der Waals surface area (Å²) in [6.07, 6.45) is 3.53. The molecule has 0 unspecified atom stereocenters. The van der Waals surface area contributed by atoms with E-state index in [1.54, 1.807) is 12.0 Å². The number of anilines is 1. The topological polar surface area (TPSA) is 70.7 Å². The number of ether oxygens (including phenoxy) is 1. The molecule has 27 heavy (non-hydrogen) atoms. The van der Waals surface area contributed by atoms with Crippen molar-refractivity contribution in [1.29, 1.82) is 0 Å². The van der Waals surface area contributed by atoms with Gasteiger partial charge in [-0.25, -0.2) is 4.79 Å². The molecule has 1 aromatic rings. The molecule has 2 N–H and O–H groups in total. The van der Waals surface area contributed by atoms with Crippen molar-refractivity contribution < 1.29 is 14.3 Å². The number of hydrogen-bond acceptors (Lipinski definition) is 3. The number of benzene rings is 1. The highest BCUT2D eigenvalue weighted by Crippen LogP contribution is 2.38. The standard InChI is InChI=1S/C21H31N3O3/c1-14-9-15(12-21(2,3)11-14)22-20(26)23-16-10-19(25)24(13-16)17-5-7-18(27-4)8-6-17/h5-8,14-16H,9-13H2,1-4H3,(H2,22,23,26)/t14-,15-,16+/m0/s1. The maximum Gasteiger partial charge on any atom is 0.315 e.